The van der Waals surface area contributed by atoms with Crippen LogP contribution in [0.2, 0.25) is 0 Å². The van der Waals surface area contributed by atoms with E-state index < -0.39 is 10.0 Å². The van der Waals surface area contributed by atoms with E-state index in [1.807, 2.05) is 0 Å². The Hall–Kier alpha value is -1.04. The van der Waals surface area contributed by atoms with Crippen LogP contribution in [0.3, 0.4) is 0 Å². The largest absolute Gasteiger partial charge is 0.329 e. The summed E-state index contributed by atoms with van der Waals surface area (Å²) in [6.45, 7) is 1.79. The molecule has 0 fully saturated rings. The highest BCUT2D eigenvalue weighted by Crippen LogP contribution is 2.03. The molecule has 1 N–H and O–H groups in total. The zero-order chi connectivity index (χ0) is 9.03. The lowest BCUT2D eigenvalue weighted by molar-refractivity contribution is 0.588. The lowest BCUT2D eigenvalue weighted by Crippen LogP contribution is -2.15. The highest BCUT2D eigenvalue weighted by atomic mass is 32.2. The molecular weight excluding hydrogens is 178 g/mol. The normalized spacial score (nSPS) is 11.4. The molecule has 1 aromatic heterocycles. The smallest absolute Gasteiger partial charge is 0.255 e. The van der Waals surface area contributed by atoms with E-state index in [1.165, 1.54) is 12.5 Å². The van der Waals surface area contributed by atoms with Crippen LogP contribution < -0.4 is 4.72 Å². The first kappa shape index (κ1) is 9.05. The van der Waals surface area contributed by atoms with Crippen molar-refractivity contribution in [1.29, 1.82) is 0 Å². The Morgan fingerprint density at radius 1 is 1.67 bits per heavy atom. The van der Waals surface area contributed by atoms with E-state index in [-0.39, 0.29) is 11.6 Å². The summed E-state index contributed by atoms with van der Waals surface area (Å²) in [5.41, 5.74) is 0. The molecule has 0 bridgehead atoms. The fourth-order valence-corrected chi connectivity index (χ4v) is 1.76. The lowest BCUT2D eigenvalue weighted by Gasteiger charge is -1.98. The summed E-state index contributed by atoms with van der Waals surface area (Å²) in [7, 11) is -3.30. The number of rotatable bonds is 4. The second kappa shape index (κ2) is 3.57. The fourth-order valence-electron chi connectivity index (χ4n) is 0.752. The molecule has 0 spiro atoms. The van der Waals surface area contributed by atoms with Crippen molar-refractivity contribution in [2.75, 3.05) is 5.75 Å². The van der Waals surface area contributed by atoms with E-state index in [0.29, 0.717) is 6.42 Å². The average Bonchev–Trinajstić information content (AvgIpc) is 2.38. The lowest BCUT2D eigenvalue weighted by atomic mass is 10.6. The van der Waals surface area contributed by atoms with Gasteiger partial charge in [-0.1, -0.05) is 6.92 Å². The van der Waals surface area contributed by atoms with Crippen molar-refractivity contribution in [1.82, 2.24) is 14.7 Å². The van der Waals surface area contributed by atoms with Crippen molar-refractivity contribution >= 4 is 15.8 Å². The minimum atomic E-state index is -3.30. The van der Waals surface area contributed by atoms with Crippen molar-refractivity contribution < 1.29 is 8.42 Å². The van der Waals surface area contributed by atoms with Crippen molar-refractivity contribution in [2.45, 2.75) is 13.3 Å². The first-order valence-electron chi connectivity index (χ1n) is 3.58. The standard InChI is InChI=1S/C6H10N3O2S/c1-2-3-12(10,11)9-6-4-7-5-8-6/h4-5H,2-3H2,1H3,(H,7,8). The second-order valence-electron chi connectivity index (χ2n) is 2.31. The van der Waals surface area contributed by atoms with Gasteiger partial charge in [-0.05, 0) is 6.42 Å². The fraction of sp³-hybridized carbons (Fsp3) is 0.500. The third-order valence-corrected chi connectivity index (χ3v) is 2.58. The predicted molar refractivity (Wildman–Crippen MR) is 44.5 cm³/mol. The number of hydrogen-bond donors (Lipinski definition) is 1. The van der Waals surface area contributed by atoms with Crippen LogP contribution in [0.25, 0.3) is 0 Å². The van der Waals surface area contributed by atoms with Gasteiger partial charge in [-0.2, -0.15) is 0 Å². The number of aromatic amines is 1. The van der Waals surface area contributed by atoms with Gasteiger partial charge in [0.25, 0.3) is 10.0 Å². The van der Waals surface area contributed by atoms with Gasteiger partial charge in [0.05, 0.1) is 18.3 Å². The summed E-state index contributed by atoms with van der Waals surface area (Å²) in [5.74, 6) is 0.356. The van der Waals surface area contributed by atoms with Gasteiger partial charge >= 0.3 is 0 Å². The summed E-state index contributed by atoms with van der Waals surface area (Å²) >= 11 is 0. The Balaban J connectivity index is 2.63. The average molecular weight is 188 g/mol. The van der Waals surface area contributed by atoms with Crippen LogP contribution in [0.5, 0.6) is 0 Å². The highest BCUT2D eigenvalue weighted by Gasteiger charge is 2.11. The molecular formula is C6H10N3O2S. The maximum atomic E-state index is 11.1. The second-order valence-corrected chi connectivity index (χ2v) is 4.07. The number of imidazole rings is 1. The molecule has 67 valence electrons. The van der Waals surface area contributed by atoms with Crippen molar-refractivity contribution in [3.05, 3.63) is 12.5 Å². The highest BCUT2D eigenvalue weighted by molar-refractivity contribution is 7.89. The molecule has 0 aliphatic rings. The minimum Gasteiger partial charge on any atom is -0.329 e. The number of aromatic nitrogens is 2. The molecule has 0 aliphatic heterocycles. The van der Waals surface area contributed by atoms with Gasteiger partial charge in [0, 0.05) is 0 Å². The molecule has 0 atom stereocenters. The van der Waals surface area contributed by atoms with Gasteiger partial charge in [-0.25, -0.2) is 13.4 Å². The van der Waals surface area contributed by atoms with Crippen LogP contribution in [0.15, 0.2) is 12.5 Å². The van der Waals surface area contributed by atoms with Crippen LogP contribution in [-0.2, 0) is 10.0 Å². The Kier molecular flexibility index (Phi) is 2.69. The van der Waals surface area contributed by atoms with E-state index in [4.69, 9.17) is 0 Å². The van der Waals surface area contributed by atoms with Crippen LogP contribution in [0, 0.1) is 0 Å². The van der Waals surface area contributed by atoms with Gasteiger partial charge in [0.2, 0.25) is 0 Å². The maximum Gasteiger partial charge on any atom is 0.255 e. The van der Waals surface area contributed by atoms with E-state index >= 15 is 0 Å². The molecule has 1 rings (SSSR count). The Labute approximate surface area is 71.3 Å². The van der Waals surface area contributed by atoms with E-state index in [0.717, 1.165) is 0 Å². The van der Waals surface area contributed by atoms with Crippen LogP contribution in [-0.4, -0.2) is 24.1 Å². The third kappa shape index (κ3) is 2.54. The SMILES string of the molecule is CCCS(=O)(=O)[N]c1cnc[nH]1. The monoisotopic (exact) mass is 188 g/mol. The number of H-pyrrole nitrogens is 1. The predicted octanol–water partition coefficient (Wildman–Crippen LogP) is 0.385. The van der Waals surface area contributed by atoms with Gasteiger partial charge in [-0.3, -0.25) is 0 Å². The molecule has 0 unspecified atom stereocenters. The number of hydrogen-bond acceptors (Lipinski definition) is 3. The summed E-state index contributed by atoms with van der Waals surface area (Å²) in [5, 5.41) is 0. The Bertz CT molecular complexity index is 317. The molecule has 12 heavy (non-hydrogen) atoms. The number of sulfonamides is 1. The van der Waals surface area contributed by atoms with Gasteiger partial charge in [0.1, 0.15) is 0 Å². The minimum absolute atomic E-state index is 0.0754. The molecule has 6 heteroatoms. The molecule has 0 aromatic carbocycles. The first-order valence-corrected chi connectivity index (χ1v) is 5.19. The first-order chi connectivity index (χ1) is 5.64. The molecule has 0 aliphatic carbocycles. The summed E-state index contributed by atoms with van der Waals surface area (Å²) < 4.78 is 25.7. The van der Waals surface area contributed by atoms with E-state index in [1.54, 1.807) is 6.92 Å². The van der Waals surface area contributed by atoms with E-state index in [9.17, 15) is 8.42 Å². The van der Waals surface area contributed by atoms with Crippen LogP contribution in [0.4, 0.5) is 5.82 Å². The number of nitrogens with zero attached hydrogens (tertiary/aromatic N) is 2. The Morgan fingerprint density at radius 3 is 2.92 bits per heavy atom. The van der Waals surface area contributed by atoms with E-state index in [2.05, 4.69) is 14.7 Å². The maximum absolute atomic E-state index is 11.1. The molecule has 1 aromatic rings. The zero-order valence-corrected chi connectivity index (χ0v) is 7.50. The molecule has 0 saturated heterocycles. The van der Waals surface area contributed by atoms with Crippen LogP contribution in [0.1, 0.15) is 13.3 Å². The van der Waals surface area contributed by atoms with Gasteiger partial charge < -0.3 is 4.98 Å². The van der Waals surface area contributed by atoms with Crippen molar-refractivity contribution in [3.63, 3.8) is 0 Å². The summed E-state index contributed by atoms with van der Waals surface area (Å²) in [4.78, 5) is 6.25. The third-order valence-electron chi connectivity index (χ3n) is 1.18. The van der Waals surface area contributed by atoms with Crippen molar-refractivity contribution in [2.24, 2.45) is 0 Å². The topological polar surface area (TPSA) is 76.9 Å². The summed E-state index contributed by atoms with van der Waals surface area (Å²) in [6.07, 6.45) is 3.33. The zero-order valence-electron chi connectivity index (χ0n) is 6.69. The summed E-state index contributed by atoms with van der Waals surface area (Å²) in [6, 6.07) is 0. The Morgan fingerprint density at radius 2 is 2.42 bits per heavy atom. The van der Waals surface area contributed by atoms with Gasteiger partial charge in [0.15, 0.2) is 5.82 Å². The van der Waals surface area contributed by atoms with Crippen LogP contribution >= 0.6 is 0 Å². The van der Waals surface area contributed by atoms with Gasteiger partial charge in [-0.15, -0.1) is 4.72 Å². The molecule has 1 heterocycles. The number of nitrogens with one attached hydrogen (secondary N) is 1. The molecule has 0 amide bonds. The molecule has 5 nitrogen and oxygen atoms in total. The van der Waals surface area contributed by atoms with Crippen molar-refractivity contribution in [3.8, 4) is 0 Å². The quantitative estimate of drug-likeness (QED) is 0.742. The molecule has 0 saturated carbocycles. The molecule has 1 radical (unpaired) electrons.